The molecule has 0 aromatic heterocycles. The van der Waals surface area contributed by atoms with Gasteiger partial charge in [-0.2, -0.15) is 0 Å². The van der Waals surface area contributed by atoms with Gasteiger partial charge in [0.05, 0.1) is 13.2 Å². The molecular weight excluding hydrogens is 516 g/mol. The fourth-order valence-electron chi connectivity index (χ4n) is 3.77. The van der Waals surface area contributed by atoms with Crippen LogP contribution in [-0.2, 0) is 25.8 Å². The van der Waals surface area contributed by atoms with Crippen molar-refractivity contribution >= 4 is 35.9 Å². The summed E-state index contributed by atoms with van der Waals surface area (Å²) in [5.41, 5.74) is 1.81. The number of ether oxygens (including phenoxy) is 1. The first-order chi connectivity index (χ1) is 15.5. The molecule has 2 N–H and O–H groups in total. The maximum atomic E-state index is 14.2. The van der Waals surface area contributed by atoms with Crippen LogP contribution in [0.3, 0.4) is 0 Å². The Morgan fingerprint density at radius 1 is 1.22 bits per heavy atom. The molecule has 0 amide bonds. The monoisotopic (exact) mass is 544 g/mol. The summed E-state index contributed by atoms with van der Waals surface area (Å²) in [6.45, 7) is 2.94. The molecular formula is C23H29BrFNO4PS+. The van der Waals surface area contributed by atoms with Crippen LogP contribution in [-0.4, -0.2) is 37.0 Å². The molecule has 1 heterocycles. The molecule has 2 aromatic rings. The average molecular weight is 545 g/mol. The smallest absolute Gasteiger partial charge is 0.379 e. The molecule has 1 unspecified atom stereocenters. The van der Waals surface area contributed by atoms with Gasteiger partial charge in [0, 0.05) is 25.9 Å². The second-order valence-corrected chi connectivity index (χ2v) is 10.6. The predicted molar refractivity (Wildman–Crippen MR) is 130 cm³/mol. The average Bonchev–Trinajstić information content (AvgIpc) is 2.74. The highest BCUT2D eigenvalue weighted by atomic mass is 79.9. The van der Waals surface area contributed by atoms with E-state index >= 15 is 0 Å². The third-order valence-electron chi connectivity index (χ3n) is 5.53. The Hall–Kier alpha value is -0.860. The van der Waals surface area contributed by atoms with Crippen LogP contribution in [0.4, 0.5) is 4.39 Å². The number of rotatable bonds is 14. The number of unbranched alkanes of at least 4 members (excludes halogenated alkanes) is 1. The van der Waals surface area contributed by atoms with E-state index in [1.165, 1.54) is 16.5 Å². The van der Waals surface area contributed by atoms with Crippen molar-refractivity contribution in [1.82, 2.24) is 5.32 Å². The topological polar surface area (TPSA) is 67.8 Å². The number of nitrogens with one attached hydrogen (secondary N) is 1. The minimum absolute atomic E-state index is 0.126. The number of hydrogen-bond donors (Lipinski definition) is 2. The molecule has 5 nitrogen and oxygen atoms in total. The Morgan fingerprint density at radius 3 is 2.72 bits per heavy atom. The predicted octanol–water partition coefficient (Wildman–Crippen LogP) is 5.96. The molecule has 32 heavy (non-hydrogen) atoms. The Labute approximate surface area is 202 Å². The zero-order valence-corrected chi connectivity index (χ0v) is 21.2. The van der Waals surface area contributed by atoms with E-state index in [-0.39, 0.29) is 17.8 Å². The molecule has 1 aliphatic heterocycles. The zero-order valence-electron chi connectivity index (χ0n) is 17.9. The van der Waals surface area contributed by atoms with Crippen LogP contribution in [0.1, 0.15) is 36.8 Å². The highest BCUT2D eigenvalue weighted by molar-refractivity contribution is 9.10. The molecule has 3 rings (SSSR count). The van der Waals surface area contributed by atoms with Crippen LogP contribution in [0.25, 0.3) is 0 Å². The van der Waals surface area contributed by atoms with Crippen molar-refractivity contribution in [2.75, 3.05) is 32.1 Å². The second-order valence-electron chi connectivity index (χ2n) is 7.92. The fourth-order valence-corrected chi connectivity index (χ4v) is 5.75. The second kappa shape index (κ2) is 13.1. The van der Waals surface area contributed by atoms with Crippen LogP contribution in [0.5, 0.6) is 0 Å². The Balaban J connectivity index is 1.36. The number of thioether (sulfide) groups is 1. The minimum Gasteiger partial charge on any atom is -0.379 e. The van der Waals surface area contributed by atoms with Gasteiger partial charge in [-0.25, -0.2) is 4.39 Å². The maximum Gasteiger partial charge on any atom is 0.694 e. The van der Waals surface area contributed by atoms with Crippen LogP contribution in [0.15, 0.2) is 51.8 Å². The molecule has 1 fully saturated rings. The van der Waals surface area contributed by atoms with Crippen molar-refractivity contribution in [3.63, 3.8) is 0 Å². The van der Waals surface area contributed by atoms with E-state index in [1.54, 1.807) is 6.07 Å². The molecule has 0 bridgehead atoms. The summed E-state index contributed by atoms with van der Waals surface area (Å²) in [7, 11) is -2.50. The van der Waals surface area contributed by atoms with E-state index in [9.17, 15) is 8.96 Å². The molecule has 9 heteroatoms. The largest absolute Gasteiger partial charge is 0.694 e. The van der Waals surface area contributed by atoms with Crippen molar-refractivity contribution in [2.24, 2.45) is 0 Å². The van der Waals surface area contributed by atoms with E-state index < -0.39 is 8.25 Å². The summed E-state index contributed by atoms with van der Waals surface area (Å²) in [4.78, 5) is 9.80. The molecule has 1 atom stereocenters. The van der Waals surface area contributed by atoms with Crippen molar-refractivity contribution in [3.8, 4) is 0 Å². The summed E-state index contributed by atoms with van der Waals surface area (Å²) in [5.74, 6) is 0.886. The standard InChI is InChI=1S/C23H28BrFNO4PS/c24-20-14-18(15-26-11-5-12-30-31(27)28)8-9-22(20)32-13-4-3-10-23(16-29-17-23)19-6-1-2-7-21(19)25/h1-2,6-9,14,26H,3-5,10-13,15-17H2/p+1. The van der Waals surface area contributed by atoms with Crippen LogP contribution < -0.4 is 5.32 Å². The third kappa shape index (κ3) is 7.59. The van der Waals surface area contributed by atoms with Gasteiger partial charge in [0.15, 0.2) is 0 Å². The Morgan fingerprint density at radius 2 is 2.03 bits per heavy atom. The van der Waals surface area contributed by atoms with E-state index in [0.29, 0.717) is 19.6 Å². The van der Waals surface area contributed by atoms with Crippen LogP contribution in [0.2, 0.25) is 0 Å². The summed E-state index contributed by atoms with van der Waals surface area (Å²) in [6, 6.07) is 13.4. The third-order valence-corrected chi connectivity index (χ3v) is 8.02. The van der Waals surface area contributed by atoms with Gasteiger partial charge < -0.3 is 10.1 Å². The fraction of sp³-hybridized carbons (Fsp3) is 0.478. The van der Waals surface area contributed by atoms with Crippen LogP contribution >= 0.6 is 35.9 Å². The Kier molecular flexibility index (Phi) is 10.6. The first kappa shape index (κ1) is 25.8. The van der Waals surface area contributed by atoms with Crippen molar-refractivity contribution in [1.29, 1.82) is 0 Å². The van der Waals surface area contributed by atoms with Crippen LogP contribution in [0, 0.1) is 5.82 Å². The highest BCUT2D eigenvalue weighted by Crippen LogP contribution is 2.39. The number of benzene rings is 2. The quantitative estimate of drug-likeness (QED) is 0.173. The summed E-state index contributed by atoms with van der Waals surface area (Å²) in [6.07, 6.45) is 3.73. The molecule has 0 saturated carbocycles. The van der Waals surface area contributed by atoms with Crippen molar-refractivity contribution in [2.45, 2.75) is 42.5 Å². The maximum absolute atomic E-state index is 14.2. The van der Waals surface area contributed by atoms with Gasteiger partial charge in [-0.3, -0.25) is 0 Å². The zero-order chi connectivity index (χ0) is 22.8. The van der Waals surface area contributed by atoms with E-state index in [4.69, 9.17) is 9.63 Å². The normalized spacial score (nSPS) is 15.4. The molecule has 0 aliphatic carbocycles. The first-order valence-electron chi connectivity index (χ1n) is 10.7. The van der Waals surface area contributed by atoms with E-state index in [0.717, 1.165) is 48.1 Å². The van der Waals surface area contributed by atoms with Crippen molar-refractivity contribution < 1.29 is 23.1 Å². The minimum atomic E-state index is -2.50. The lowest BCUT2D eigenvalue weighted by molar-refractivity contribution is -0.0668. The summed E-state index contributed by atoms with van der Waals surface area (Å²) < 4.78 is 35.9. The molecule has 174 valence electrons. The number of hydrogen-bond acceptors (Lipinski definition) is 5. The van der Waals surface area contributed by atoms with Gasteiger partial charge in [0.1, 0.15) is 12.4 Å². The van der Waals surface area contributed by atoms with Gasteiger partial charge in [-0.05, 0) is 76.8 Å². The SMILES string of the molecule is O=[P+](O)OCCCNCc1ccc(SCCCCC2(c3ccccc3F)COC2)c(Br)c1. The summed E-state index contributed by atoms with van der Waals surface area (Å²) >= 11 is 5.50. The van der Waals surface area contributed by atoms with Gasteiger partial charge >= 0.3 is 8.25 Å². The lowest BCUT2D eigenvalue weighted by Crippen LogP contribution is -2.47. The molecule has 1 aliphatic rings. The van der Waals surface area contributed by atoms with Gasteiger partial charge in [-0.1, -0.05) is 30.7 Å². The van der Waals surface area contributed by atoms with E-state index in [2.05, 4.69) is 44.0 Å². The molecule has 0 spiro atoms. The molecule has 1 saturated heterocycles. The summed E-state index contributed by atoms with van der Waals surface area (Å²) in [5, 5.41) is 3.30. The van der Waals surface area contributed by atoms with Gasteiger partial charge in [0.2, 0.25) is 0 Å². The Bertz CT molecular complexity index is 900. The van der Waals surface area contributed by atoms with E-state index in [1.807, 2.05) is 23.9 Å². The number of halogens is 2. The lowest BCUT2D eigenvalue weighted by Gasteiger charge is -2.42. The highest BCUT2D eigenvalue weighted by Gasteiger charge is 2.41. The van der Waals surface area contributed by atoms with Gasteiger partial charge in [-0.15, -0.1) is 21.2 Å². The van der Waals surface area contributed by atoms with Crippen molar-refractivity contribution in [3.05, 3.63) is 63.9 Å². The molecule has 2 aromatic carbocycles. The lowest BCUT2D eigenvalue weighted by atomic mass is 9.74. The molecule has 0 radical (unpaired) electrons. The van der Waals surface area contributed by atoms with Gasteiger partial charge in [0.25, 0.3) is 0 Å². The first-order valence-corrected chi connectivity index (χ1v) is 13.6.